The Labute approximate surface area is 109 Å². The van der Waals surface area contributed by atoms with Gasteiger partial charge in [0.2, 0.25) is 0 Å². The summed E-state index contributed by atoms with van der Waals surface area (Å²) in [7, 11) is 0. The van der Waals surface area contributed by atoms with Crippen LogP contribution in [-0.2, 0) is 6.61 Å². The van der Waals surface area contributed by atoms with E-state index in [9.17, 15) is 13.6 Å². The Hall–Kier alpha value is -0.980. The van der Waals surface area contributed by atoms with E-state index in [0.29, 0.717) is 12.1 Å². The molecule has 1 aromatic rings. The highest BCUT2D eigenvalue weighted by molar-refractivity contribution is 5.85. The number of aromatic nitrogens is 1. The van der Waals surface area contributed by atoms with Gasteiger partial charge in [0, 0.05) is 31.3 Å². The molecule has 1 aliphatic heterocycles. The highest BCUT2D eigenvalue weighted by atomic mass is 35.5. The molecule has 1 fully saturated rings. The fourth-order valence-corrected chi connectivity index (χ4v) is 2.06. The van der Waals surface area contributed by atoms with Gasteiger partial charge in [-0.05, 0) is 11.6 Å². The summed E-state index contributed by atoms with van der Waals surface area (Å²) in [4.78, 5) is 13.6. The minimum Gasteiger partial charge on any atom is -0.391 e. The fraction of sp³-hybridized carbons (Fsp3) is 0.545. The van der Waals surface area contributed by atoms with Gasteiger partial charge < -0.3 is 15.4 Å². The SMILES string of the molecule is Cl.O=c1[nH]cc(C2CNCCC2(F)F)cc1CO. The monoisotopic (exact) mass is 280 g/mol. The number of halogens is 3. The molecule has 0 radical (unpaired) electrons. The number of aliphatic hydroxyl groups excluding tert-OH is 1. The van der Waals surface area contributed by atoms with Crippen molar-refractivity contribution in [2.75, 3.05) is 13.1 Å². The van der Waals surface area contributed by atoms with Crippen LogP contribution in [0.1, 0.15) is 23.5 Å². The normalized spacial score (nSPS) is 22.3. The molecule has 0 saturated carbocycles. The van der Waals surface area contributed by atoms with Crippen molar-refractivity contribution >= 4 is 12.4 Å². The van der Waals surface area contributed by atoms with E-state index in [4.69, 9.17) is 5.11 Å². The van der Waals surface area contributed by atoms with Crippen molar-refractivity contribution in [3.05, 3.63) is 33.7 Å². The van der Waals surface area contributed by atoms with Gasteiger partial charge in [-0.15, -0.1) is 12.4 Å². The van der Waals surface area contributed by atoms with E-state index in [1.54, 1.807) is 0 Å². The van der Waals surface area contributed by atoms with E-state index in [2.05, 4.69) is 10.3 Å². The Morgan fingerprint density at radius 2 is 2.22 bits per heavy atom. The third-order valence-electron chi connectivity index (χ3n) is 3.07. The van der Waals surface area contributed by atoms with E-state index in [1.807, 2.05) is 0 Å². The molecule has 4 nitrogen and oxygen atoms in total. The van der Waals surface area contributed by atoms with E-state index >= 15 is 0 Å². The molecule has 2 rings (SSSR count). The molecule has 1 atom stereocenters. The van der Waals surface area contributed by atoms with Gasteiger partial charge in [-0.3, -0.25) is 4.79 Å². The summed E-state index contributed by atoms with van der Waals surface area (Å²) in [6, 6.07) is 1.35. The van der Waals surface area contributed by atoms with Gasteiger partial charge in [0.1, 0.15) is 0 Å². The second kappa shape index (κ2) is 5.77. The fourth-order valence-electron chi connectivity index (χ4n) is 2.06. The Kier molecular flexibility index (Phi) is 4.84. The third-order valence-corrected chi connectivity index (χ3v) is 3.07. The van der Waals surface area contributed by atoms with Crippen molar-refractivity contribution in [3.63, 3.8) is 0 Å². The van der Waals surface area contributed by atoms with Crippen molar-refractivity contribution < 1.29 is 13.9 Å². The van der Waals surface area contributed by atoms with Gasteiger partial charge in [0.15, 0.2) is 0 Å². The molecule has 2 heterocycles. The van der Waals surface area contributed by atoms with Crippen LogP contribution < -0.4 is 10.9 Å². The van der Waals surface area contributed by atoms with E-state index in [1.165, 1.54) is 12.3 Å². The lowest BCUT2D eigenvalue weighted by atomic mass is 9.88. The van der Waals surface area contributed by atoms with Crippen LogP contribution in [0.2, 0.25) is 0 Å². The van der Waals surface area contributed by atoms with Crippen LogP contribution in [0.4, 0.5) is 8.78 Å². The summed E-state index contributed by atoms with van der Waals surface area (Å²) in [6.07, 6.45) is 1.08. The number of nitrogens with one attached hydrogen (secondary N) is 2. The Morgan fingerprint density at radius 3 is 2.83 bits per heavy atom. The average Bonchev–Trinajstić information content (AvgIpc) is 2.30. The van der Waals surface area contributed by atoms with E-state index in [0.717, 1.165) is 0 Å². The number of alkyl halides is 2. The first-order valence-corrected chi connectivity index (χ1v) is 5.45. The molecule has 1 aromatic heterocycles. The van der Waals surface area contributed by atoms with Crippen molar-refractivity contribution in [1.29, 1.82) is 0 Å². The highest BCUT2D eigenvalue weighted by Crippen LogP contribution is 2.37. The van der Waals surface area contributed by atoms with E-state index < -0.39 is 24.0 Å². The highest BCUT2D eigenvalue weighted by Gasteiger charge is 2.42. The van der Waals surface area contributed by atoms with Gasteiger partial charge >= 0.3 is 0 Å². The molecule has 102 valence electrons. The van der Waals surface area contributed by atoms with Crippen molar-refractivity contribution in [2.45, 2.75) is 24.9 Å². The van der Waals surface area contributed by atoms with E-state index in [-0.39, 0.29) is 30.9 Å². The smallest absolute Gasteiger partial charge is 0.257 e. The van der Waals surface area contributed by atoms with Crippen LogP contribution >= 0.6 is 12.4 Å². The van der Waals surface area contributed by atoms with Crippen LogP contribution in [0.5, 0.6) is 0 Å². The molecule has 0 aliphatic carbocycles. The van der Waals surface area contributed by atoms with Crippen molar-refractivity contribution in [3.8, 4) is 0 Å². The predicted molar refractivity (Wildman–Crippen MR) is 65.4 cm³/mol. The molecule has 1 aliphatic rings. The summed E-state index contributed by atoms with van der Waals surface area (Å²) in [6.45, 7) is 0.0124. The van der Waals surface area contributed by atoms with Crippen molar-refractivity contribution in [2.24, 2.45) is 0 Å². The largest absolute Gasteiger partial charge is 0.391 e. The van der Waals surface area contributed by atoms with Crippen LogP contribution in [-0.4, -0.2) is 29.1 Å². The Balaban J connectivity index is 0.00000162. The maximum absolute atomic E-state index is 13.7. The van der Waals surface area contributed by atoms with Crippen LogP contribution in [0.15, 0.2) is 17.1 Å². The summed E-state index contributed by atoms with van der Waals surface area (Å²) in [5.74, 6) is -3.74. The number of H-pyrrole nitrogens is 1. The third kappa shape index (κ3) is 2.88. The zero-order valence-corrected chi connectivity index (χ0v) is 10.4. The zero-order valence-electron chi connectivity index (χ0n) is 9.58. The molecule has 0 spiro atoms. The lowest BCUT2D eigenvalue weighted by Gasteiger charge is -2.32. The van der Waals surface area contributed by atoms with Crippen LogP contribution in [0.3, 0.4) is 0 Å². The van der Waals surface area contributed by atoms with Gasteiger partial charge in [-0.2, -0.15) is 0 Å². The molecule has 0 bridgehead atoms. The van der Waals surface area contributed by atoms with Crippen molar-refractivity contribution in [1.82, 2.24) is 10.3 Å². The first-order valence-electron chi connectivity index (χ1n) is 5.45. The second-order valence-corrected chi connectivity index (χ2v) is 4.21. The molecular weight excluding hydrogens is 266 g/mol. The standard InChI is InChI=1S/C11H14F2N2O2.ClH/c12-11(13)1-2-14-5-9(11)7-3-8(6-16)10(17)15-4-7;/h3-4,9,14,16H,1-2,5-6H2,(H,15,17);1H. The maximum atomic E-state index is 13.7. The minimum atomic E-state index is -2.78. The number of hydrogen-bond donors (Lipinski definition) is 3. The first-order chi connectivity index (χ1) is 8.04. The molecule has 18 heavy (non-hydrogen) atoms. The summed E-state index contributed by atoms with van der Waals surface area (Å²) in [5, 5.41) is 11.9. The molecule has 1 saturated heterocycles. The lowest BCUT2D eigenvalue weighted by molar-refractivity contribution is -0.0480. The molecular formula is C11H15ClF2N2O2. The maximum Gasteiger partial charge on any atom is 0.257 e. The number of rotatable bonds is 2. The van der Waals surface area contributed by atoms with Gasteiger partial charge in [0.05, 0.1) is 12.5 Å². The average molecular weight is 281 g/mol. The summed E-state index contributed by atoms with van der Waals surface area (Å²) in [5.41, 5.74) is 0.0260. The summed E-state index contributed by atoms with van der Waals surface area (Å²) >= 11 is 0. The number of hydrogen-bond acceptors (Lipinski definition) is 3. The van der Waals surface area contributed by atoms with Gasteiger partial charge in [0.25, 0.3) is 11.5 Å². The topological polar surface area (TPSA) is 65.1 Å². The van der Waals surface area contributed by atoms with Gasteiger partial charge in [-0.25, -0.2) is 8.78 Å². The number of aromatic amines is 1. The Morgan fingerprint density at radius 1 is 1.50 bits per heavy atom. The second-order valence-electron chi connectivity index (χ2n) is 4.21. The zero-order chi connectivity index (χ0) is 12.5. The van der Waals surface area contributed by atoms with Gasteiger partial charge in [-0.1, -0.05) is 0 Å². The molecule has 7 heteroatoms. The Bertz CT molecular complexity index is 465. The molecule has 3 N–H and O–H groups in total. The predicted octanol–water partition coefficient (Wildman–Crippen LogP) is 1.00. The molecule has 1 unspecified atom stereocenters. The number of piperidine rings is 1. The number of aliphatic hydroxyl groups is 1. The quantitative estimate of drug-likeness (QED) is 0.757. The summed E-state index contributed by atoms with van der Waals surface area (Å²) < 4.78 is 27.4. The minimum absolute atomic E-state index is 0. The molecule has 0 amide bonds. The first kappa shape index (κ1) is 15.1. The van der Waals surface area contributed by atoms with Crippen LogP contribution in [0, 0.1) is 0 Å². The molecule has 0 aromatic carbocycles. The number of pyridine rings is 1. The van der Waals surface area contributed by atoms with Crippen LogP contribution in [0.25, 0.3) is 0 Å². The lowest BCUT2D eigenvalue weighted by Crippen LogP contribution is -2.43.